The first kappa shape index (κ1) is 28.2. The summed E-state index contributed by atoms with van der Waals surface area (Å²) in [7, 11) is 2.78. The van der Waals surface area contributed by atoms with Crippen molar-refractivity contribution in [2.75, 3.05) is 14.2 Å². The summed E-state index contributed by atoms with van der Waals surface area (Å²) in [5, 5.41) is 21.9. The van der Waals surface area contributed by atoms with Crippen LogP contribution in [0.3, 0.4) is 0 Å². The number of aryl methyl sites for hydroxylation is 4. The second-order valence-corrected chi connectivity index (χ2v) is 9.82. The van der Waals surface area contributed by atoms with Gasteiger partial charge < -0.3 is 28.5 Å². The monoisotopic (exact) mass is 568 g/mol. The van der Waals surface area contributed by atoms with Crippen LogP contribution in [-0.2, 0) is 0 Å². The van der Waals surface area contributed by atoms with E-state index in [1.807, 2.05) is 26.0 Å². The van der Waals surface area contributed by atoms with Crippen LogP contribution < -0.4 is 20.3 Å². The highest BCUT2D eigenvalue weighted by Gasteiger charge is 2.19. The van der Waals surface area contributed by atoms with Crippen molar-refractivity contribution in [3.05, 3.63) is 90.6 Å². The van der Waals surface area contributed by atoms with Crippen LogP contribution in [0.5, 0.6) is 23.0 Å². The molecule has 10 nitrogen and oxygen atoms in total. The zero-order chi connectivity index (χ0) is 30.3. The predicted molar refractivity (Wildman–Crippen MR) is 161 cm³/mol. The highest BCUT2D eigenvalue weighted by atomic mass is 16.5. The zero-order valence-corrected chi connectivity index (χ0v) is 23.9. The van der Waals surface area contributed by atoms with Crippen LogP contribution in [0.15, 0.2) is 64.8 Å². The third-order valence-electron chi connectivity index (χ3n) is 6.89. The summed E-state index contributed by atoms with van der Waals surface area (Å²) in [4.78, 5) is 34.6. The maximum atomic E-state index is 12.7. The molecule has 0 aliphatic heterocycles. The van der Waals surface area contributed by atoms with Gasteiger partial charge in [0.15, 0.2) is 10.9 Å². The summed E-state index contributed by atoms with van der Waals surface area (Å²) in [5.74, 6) is 0.667. The van der Waals surface area contributed by atoms with Gasteiger partial charge in [0.1, 0.15) is 56.5 Å². The van der Waals surface area contributed by atoms with Crippen LogP contribution in [0, 0.1) is 27.7 Å². The summed E-state index contributed by atoms with van der Waals surface area (Å²) in [6, 6.07) is 9.02. The van der Waals surface area contributed by atoms with E-state index < -0.39 is 0 Å². The molecule has 0 fully saturated rings. The lowest BCUT2D eigenvalue weighted by Crippen LogP contribution is -2.05. The Hall–Kier alpha value is -5.38. The average molecular weight is 569 g/mol. The van der Waals surface area contributed by atoms with E-state index in [2.05, 4.69) is 9.98 Å². The maximum absolute atomic E-state index is 12.7. The van der Waals surface area contributed by atoms with Crippen LogP contribution in [0.1, 0.15) is 33.8 Å². The normalized spacial score (nSPS) is 11.8. The van der Waals surface area contributed by atoms with Crippen molar-refractivity contribution in [1.29, 1.82) is 0 Å². The lowest BCUT2D eigenvalue weighted by Gasteiger charge is -2.12. The fourth-order valence-electron chi connectivity index (χ4n) is 4.76. The van der Waals surface area contributed by atoms with Gasteiger partial charge in [0.25, 0.3) is 0 Å². The first-order valence-electron chi connectivity index (χ1n) is 12.9. The third kappa shape index (κ3) is 4.98. The topological polar surface area (TPSA) is 144 Å². The Morgan fingerprint density at radius 1 is 0.643 bits per heavy atom. The molecule has 0 amide bonds. The van der Waals surface area contributed by atoms with Gasteiger partial charge in [0, 0.05) is 36.7 Å². The Balaban J connectivity index is 1.65. The highest BCUT2D eigenvalue weighted by molar-refractivity contribution is 6.01. The van der Waals surface area contributed by atoms with Gasteiger partial charge in [-0.05, 0) is 51.0 Å². The SMILES string of the molecule is COc1c(C=Nc2cc(C)c(C)cc2N=Cc2c(O)cc3oc(C)cc(=O)c3c2OC)c(O)cc2oc(C)cc(=O)c12. The van der Waals surface area contributed by atoms with Crippen molar-refractivity contribution in [3.8, 4) is 23.0 Å². The summed E-state index contributed by atoms with van der Waals surface area (Å²) in [5.41, 5.74) is 2.86. The van der Waals surface area contributed by atoms with E-state index in [0.717, 1.165) is 11.1 Å². The fraction of sp³-hybridized carbons (Fsp3) is 0.188. The Kier molecular flexibility index (Phi) is 7.30. The molecule has 2 N–H and O–H groups in total. The molecule has 2 aromatic heterocycles. The van der Waals surface area contributed by atoms with Gasteiger partial charge in [-0.2, -0.15) is 0 Å². The lowest BCUT2D eigenvalue weighted by atomic mass is 10.1. The molecule has 0 atom stereocenters. The van der Waals surface area contributed by atoms with Crippen LogP contribution in [0.25, 0.3) is 21.9 Å². The molecular weight excluding hydrogens is 540 g/mol. The molecule has 42 heavy (non-hydrogen) atoms. The van der Waals surface area contributed by atoms with Gasteiger partial charge in [-0.15, -0.1) is 0 Å². The molecule has 3 aromatic carbocycles. The van der Waals surface area contributed by atoms with Gasteiger partial charge >= 0.3 is 0 Å². The molecule has 0 spiro atoms. The maximum Gasteiger partial charge on any atom is 0.196 e. The second-order valence-electron chi connectivity index (χ2n) is 9.82. The number of hydrogen-bond acceptors (Lipinski definition) is 10. The number of fused-ring (bicyclic) bond motifs is 2. The molecule has 2 heterocycles. The number of aliphatic imine (C=N–C) groups is 2. The molecule has 0 bridgehead atoms. The molecular formula is C32H28N2O8. The minimum absolute atomic E-state index is 0.122. The highest BCUT2D eigenvalue weighted by Crippen LogP contribution is 2.38. The quantitative estimate of drug-likeness (QED) is 0.235. The molecule has 0 aliphatic rings. The zero-order valence-electron chi connectivity index (χ0n) is 23.9. The fourth-order valence-corrected chi connectivity index (χ4v) is 4.76. The number of ether oxygens (including phenoxy) is 2. The molecule has 0 saturated heterocycles. The summed E-state index contributed by atoms with van der Waals surface area (Å²) >= 11 is 0. The van der Waals surface area contributed by atoms with E-state index in [9.17, 15) is 19.8 Å². The number of hydrogen-bond donors (Lipinski definition) is 2. The number of aromatic hydroxyl groups is 2. The van der Waals surface area contributed by atoms with Gasteiger partial charge in [-0.25, -0.2) is 0 Å². The van der Waals surface area contributed by atoms with Crippen molar-refractivity contribution in [2.45, 2.75) is 27.7 Å². The van der Waals surface area contributed by atoms with Crippen molar-refractivity contribution in [2.24, 2.45) is 9.98 Å². The smallest absolute Gasteiger partial charge is 0.196 e. The largest absolute Gasteiger partial charge is 0.507 e. The van der Waals surface area contributed by atoms with Crippen molar-refractivity contribution in [1.82, 2.24) is 0 Å². The molecule has 10 heteroatoms. The van der Waals surface area contributed by atoms with Crippen molar-refractivity contribution >= 4 is 45.7 Å². The first-order chi connectivity index (χ1) is 20.0. The lowest BCUT2D eigenvalue weighted by molar-refractivity contribution is 0.409. The molecule has 0 unspecified atom stereocenters. The van der Waals surface area contributed by atoms with E-state index in [-0.39, 0.29) is 66.9 Å². The number of benzene rings is 3. The molecule has 0 aliphatic carbocycles. The molecule has 5 rings (SSSR count). The Labute approximate surface area is 239 Å². The number of phenolic OH excluding ortho intramolecular Hbond substituents is 2. The van der Waals surface area contributed by atoms with Gasteiger partial charge in [0.2, 0.25) is 0 Å². The second kappa shape index (κ2) is 10.9. The van der Waals surface area contributed by atoms with E-state index in [4.69, 9.17) is 18.3 Å². The van der Waals surface area contributed by atoms with Crippen LogP contribution in [0.4, 0.5) is 11.4 Å². The molecule has 5 aromatic rings. The summed E-state index contributed by atoms with van der Waals surface area (Å²) < 4.78 is 22.2. The standard InChI is InChI=1S/C32H28N2O8/c1-15-7-21(33-13-19-23(35)11-27-29(31(19)39-5)25(37)9-17(3)41-27)22(8-16(15)2)34-14-20-24(36)12-28-30(32(20)40-6)26(38)10-18(4)42-28/h7-14,35-36H,1-6H3. The van der Waals surface area contributed by atoms with E-state index >= 15 is 0 Å². The molecule has 0 radical (unpaired) electrons. The van der Waals surface area contributed by atoms with Gasteiger partial charge in [-0.1, -0.05) is 0 Å². The average Bonchev–Trinajstić information content (AvgIpc) is 2.91. The van der Waals surface area contributed by atoms with Gasteiger partial charge in [-0.3, -0.25) is 19.6 Å². The van der Waals surface area contributed by atoms with E-state index in [1.54, 1.807) is 13.8 Å². The summed E-state index contributed by atoms with van der Waals surface area (Å²) in [6.07, 6.45) is 2.77. The van der Waals surface area contributed by atoms with Crippen LogP contribution in [-0.4, -0.2) is 36.9 Å². The predicted octanol–water partition coefficient (Wildman–Crippen LogP) is 6.06. The minimum Gasteiger partial charge on any atom is -0.507 e. The third-order valence-corrected chi connectivity index (χ3v) is 6.89. The Morgan fingerprint density at radius 2 is 1.02 bits per heavy atom. The van der Waals surface area contributed by atoms with Crippen molar-refractivity contribution in [3.63, 3.8) is 0 Å². The molecule has 214 valence electrons. The molecule has 0 saturated carbocycles. The van der Waals surface area contributed by atoms with Crippen LogP contribution >= 0.6 is 0 Å². The Bertz CT molecular complexity index is 1920. The van der Waals surface area contributed by atoms with E-state index in [1.165, 1.54) is 50.9 Å². The Morgan fingerprint density at radius 3 is 1.38 bits per heavy atom. The number of phenols is 2. The van der Waals surface area contributed by atoms with Crippen molar-refractivity contribution < 1.29 is 28.5 Å². The minimum atomic E-state index is -0.315. The van der Waals surface area contributed by atoms with Gasteiger partial charge in [0.05, 0.1) is 36.7 Å². The number of rotatable bonds is 6. The van der Waals surface area contributed by atoms with Crippen LogP contribution in [0.2, 0.25) is 0 Å². The summed E-state index contributed by atoms with van der Waals surface area (Å²) in [6.45, 7) is 7.13. The first-order valence-corrected chi connectivity index (χ1v) is 12.9. The number of nitrogens with zero attached hydrogens (tertiary/aromatic N) is 2. The number of methoxy groups -OCH3 is 2. The van der Waals surface area contributed by atoms with E-state index in [0.29, 0.717) is 22.9 Å².